The molecule has 0 amide bonds. The molecule has 10 heavy (non-hydrogen) atoms. The van der Waals surface area contributed by atoms with E-state index in [9.17, 15) is 0 Å². The Kier molecular flexibility index (Phi) is 1.52. The van der Waals surface area contributed by atoms with Crippen molar-refractivity contribution in [1.82, 2.24) is 5.32 Å². The second-order valence-electron chi connectivity index (χ2n) is 3.51. The summed E-state index contributed by atoms with van der Waals surface area (Å²) in [5.41, 5.74) is 0.256. The monoisotopic (exact) mass is 253 g/mol. The van der Waals surface area contributed by atoms with E-state index in [2.05, 4.69) is 27.9 Å². The molecule has 2 nitrogen and oxygen atoms in total. The summed E-state index contributed by atoms with van der Waals surface area (Å²) >= 11 is 2.52. The molecule has 0 bridgehead atoms. The first kappa shape index (κ1) is 7.31. The Labute approximate surface area is 74.5 Å². The van der Waals surface area contributed by atoms with Gasteiger partial charge in [-0.2, -0.15) is 0 Å². The minimum absolute atomic E-state index is 0.256. The smallest absolute Gasteiger partial charge is 0.0512 e. The highest BCUT2D eigenvalue weighted by atomic mass is 127. The molecule has 1 saturated carbocycles. The van der Waals surface area contributed by atoms with E-state index >= 15 is 0 Å². The molecule has 0 unspecified atom stereocenters. The van der Waals surface area contributed by atoms with Gasteiger partial charge in [0.1, 0.15) is 0 Å². The second kappa shape index (κ2) is 2.08. The van der Waals surface area contributed by atoms with E-state index in [4.69, 9.17) is 5.11 Å². The van der Waals surface area contributed by atoms with Crippen LogP contribution in [0.4, 0.5) is 0 Å². The maximum atomic E-state index is 9.11. The predicted octanol–water partition coefficient (Wildman–Crippen LogP) is 0.536. The van der Waals surface area contributed by atoms with E-state index in [0.717, 1.165) is 13.1 Å². The lowest BCUT2D eigenvalue weighted by atomic mass is 10.0. The van der Waals surface area contributed by atoms with Gasteiger partial charge in [0.2, 0.25) is 0 Å². The molecule has 0 radical (unpaired) electrons. The van der Waals surface area contributed by atoms with Crippen molar-refractivity contribution >= 4 is 22.6 Å². The molecule has 1 saturated heterocycles. The highest BCUT2D eigenvalue weighted by Gasteiger charge is 2.66. The average molecular weight is 253 g/mol. The van der Waals surface area contributed by atoms with Gasteiger partial charge in [0.25, 0.3) is 0 Å². The lowest BCUT2D eigenvalue weighted by Crippen LogP contribution is -2.38. The van der Waals surface area contributed by atoms with Gasteiger partial charge in [0, 0.05) is 15.4 Å². The summed E-state index contributed by atoms with van der Waals surface area (Å²) in [7, 11) is 0. The van der Waals surface area contributed by atoms with Crippen molar-refractivity contribution in [2.75, 3.05) is 19.7 Å². The summed E-state index contributed by atoms with van der Waals surface area (Å²) in [4.78, 5) is 0. The Bertz CT molecular complexity index is 160. The molecule has 2 atom stereocenters. The number of alkyl halides is 1. The Hall–Kier alpha value is 0.650. The maximum absolute atomic E-state index is 9.11. The summed E-state index contributed by atoms with van der Waals surface area (Å²) in [6, 6.07) is 0. The van der Waals surface area contributed by atoms with Gasteiger partial charge in [-0.1, -0.05) is 22.6 Å². The molecule has 0 aromatic heterocycles. The van der Waals surface area contributed by atoms with Crippen LogP contribution in [0.15, 0.2) is 0 Å². The third-order valence-electron chi connectivity index (χ3n) is 2.91. The molecule has 0 aromatic rings. The molecule has 3 heteroatoms. The predicted molar refractivity (Wildman–Crippen MR) is 48.4 cm³/mol. The standard InChI is InChI=1S/C7H12INO/c8-7-1-2-9-4-6(7,3-7)5-10/h9-10H,1-5H2/t6-,7+/m1/s1. The van der Waals surface area contributed by atoms with Crippen molar-refractivity contribution in [2.24, 2.45) is 5.41 Å². The van der Waals surface area contributed by atoms with Crippen LogP contribution in [0.1, 0.15) is 12.8 Å². The van der Waals surface area contributed by atoms with E-state index in [1.54, 1.807) is 0 Å². The number of halogens is 1. The summed E-state index contributed by atoms with van der Waals surface area (Å²) in [6.45, 7) is 2.51. The summed E-state index contributed by atoms with van der Waals surface area (Å²) in [5.74, 6) is 0. The molecule has 1 aliphatic carbocycles. The molecule has 2 aliphatic rings. The average Bonchev–Trinajstić information content (AvgIpc) is 2.56. The molecular weight excluding hydrogens is 241 g/mol. The van der Waals surface area contributed by atoms with Crippen LogP contribution in [0.2, 0.25) is 0 Å². The fourth-order valence-electron chi connectivity index (χ4n) is 1.93. The number of hydrogen-bond donors (Lipinski definition) is 2. The first-order valence-electron chi connectivity index (χ1n) is 3.73. The molecule has 2 rings (SSSR count). The Morgan fingerprint density at radius 2 is 2.40 bits per heavy atom. The van der Waals surface area contributed by atoms with Gasteiger partial charge >= 0.3 is 0 Å². The van der Waals surface area contributed by atoms with Crippen molar-refractivity contribution < 1.29 is 5.11 Å². The number of fused-ring (bicyclic) bond motifs is 1. The largest absolute Gasteiger partial charge is 0.396 e. The molecular formula is C7H12INO. The zero-order valence-electron chi connectivity index (χ0n) is 5.86. The van der Waals surface area contributed by atoms with Crippen molar-refractivity contribution in [3.63, 3.8) is 0 Å². The van der Waals surface area contributed by atoms with Gasteiger partial charge in [-0.3, -0.25) is 0 Å². The van der Waals surface area contributed by atoms with E-state index < -0.39 is 0 Å². The van der Waals surface area contributed by atoms with Gasteiger partial charge in [0.05, 0.1) is 6.61 Å². The zero-order chi connectivity index (χ0) is 7.24. The Morgan fingerprint density at radius 3 is 2.90 bits per heavy atom. The fourth-order valence-corrected chi connectivity index (χ4v) is 3.30. The molecule has 2 N–H and O–H groups in total. The Morgan fingerprint density at radius 1 is 1.60 bits per heavy atom. The van der Waals surface area contributed by atoms with Crippen molar-refractivity contribution in [2.45, 2.75) is 16.3 Å². The van der Waals surface area contributed by atoms with E-state index in [1.807, 2.05) is 0 Å². The SMILES string of the molecule is OC[C@@]12CNCC[C@]1(I)C2. The third kappa shape index (κ3) is 0.769. The first-order valence-corrected chi connectivity index (χ1v) is 4.81. The van der Waals surface area contributed by atoms with Gasteiger partial charge in [-0.15, -0.1) is 0 Å². The lowest BCUT2D eigenvalue weighted by Gasteiger charge is -2.25. The van der Waals surface area contributed by atoms with Gasteiger partial charge in [-0.05, 0) is 19.4 Å². The van der Waals surface area contributed by atoms with Gasteiger partial charge in [0.15, 0.2) is 0 Å². The van der Waals surface area contributed by atoms with Crippen LogP contribution in [0.25, 0.3) is 0 Å². The van der Waals surface area contributed by atoms with Crippen LogP contribution in [-0.4, -0.2) is 28.2 Å². The zero-order valence-corrected chi connectivity index (χ0v) is 8.02. The van der Waals surface area contributed by atoms with Crippen LogP contribution < -0.4 is 5.32 Å². The minimum atomic E-state index is 0.256. The summed E-state index contributed by atoms with van der Waals surface area (Å²) in [6.07, 6.45) is 2.44. The normalized spacial score (nSPS) is 52.2. The van der Waals surface area contributed by atoms with Crippen LogP contribution in [0, 0.1) is 5.41 Å². The van der Waals surface area contributed by atoms with Crippen LogP contribution in [-0.2, 0) is 0 Å². The number of piperidine rings is 1. The van der Waals surface area contributed by atoms with Crippen molar-refractivity contribution in [3.8, 4) is 0 Å². The molecule has 2 fully saturated rings. The highest BCUT2D eigenvalue weighted by molar-refractivity contribution is 14.1. The summed E-state index contributed by atoms with van der Waals surface area (Å²) in [5, 5.41) is 12.4. The van der Waals surface area contributed by atoms with Gasteiger partial charge < -0.3 is 10.4 Å². The van der Waals surface area contributed by atoms with Crippen LogP contribution in [0.3, 0.4) is 0 Å². The number of rotatable bonds is 1. The first-order chi connectivity index (χ1) is 4.72. The molecule has 58 valence electrons. The summed E-state index contributed by atoms with van der Waals surface area (Å²) < 4.78 is 0.449. The number of nitrogens with one attached hydrogen (secondary N) is 1. The van der Waals surface area contributed by atoms with E-state index in [0.29, 0.717) is 10.0 Å². The molecule has 0 aromatic carbocycles. The third-order valence-corrected chi connectivity index (χ3v) is 4.97. The maximum Gasteiger partial charge on any atom is 0.0512 e. The van der Waals surface area contributed by atoms with E-state index in [1.165, 1.54) is 12.8 Å². The molecule has 1 aliphatic heterocycles. The lowest BCUT2D eigenvalue weighted by molar-refractivity contribution is 0.190. The number of hydrogen-bond acceptors (Lipinski definition) is 2. The Balaban J connectivity index is 2.13. The molecule has 0 spiro atoms. The van der Waals surface area contributed by atoms with Crippen molar-refractivity contribution in [1.29, 1.82) is 0 Å². The van der Waals surface area contributed by atoms with Crippen LogP contribution in [0.5, 0.6) is 0 Å². The second-order valence-corrected chi connectivity index (χ2v) is 5.57. The topological polar surface area (TPSA) is 32.3 Å². The fraction of sp³-hybridized carbons (Fsp3) is 1.00. The number of aliphatic hydroxyl groups excluding tert-OH is 1. The quantitative estimate of drug-likeness (QED) is 0.528. The number of aliphatic hydroxyl groups is 1. The van der Waals surface area contributed by atoms with Crippen molar-refractivity contribution in [3.05, 3.63) is 0 Å². The van der Waals surface area contributed by atoms with Crippen LogP contribution >= 0.6 is 22.6 Å². The minimum Gasteiger partial charge on any atom is -0.396 e. The van der Waals surface area contributed by atoms with Gasteiger partial charge in [-0.25, -0.2) is 0 Å². The molecule has 1 heterocycles. The van der Waals surface area contributed by atoms with E-state index in [-0.39, 0.29) is 5.41 Å². The highest BCUT2D eigenvalue weighted by Crippen LogP contribution is 2.65.